The van der Waals surface area contributed by atoms with Crippen LogP contribution in [-0.2, 0) is 0 Å². The monoisotopic (exact) mass is 372 g/mol. The van der Waals surface area contributed by atoms with Gasteiger partial charge in [0, 0.05) is 30.1 Å². The zero-order valence-electron chi connectivity index (χ0n) is 12.2. The Balaban J connectivity index is 1.83. The van der Waals surface area contributed by atoms with Crippen LogP contribution < -0.4 is 5.32 Å². The minimum Gasteiger partial charge on any atom is -0.333 e. The largest absolute Gasteiger partial charge is 0.333 e. The van der Waals surface area contributed by atoms with Crippen molar-refractivity contribution in [1.29, 1.82) is 0 Å². The molecule has 2 aromatic rings. The van der Waals surface area contributed by atoms with Gasteiger partial charge in [-0.2, -0.15) is 0 Å². The molecule has 3 rings (SSSR count). The molecule has 0 amide bonds. The predicted molar refractivity (Wildman–Crippen MR) is 90.8 cm³/mol. The Morgan fingerprint density at radius 2 is 1.67 bits per heavy atom. The fourth-order valence-electron chi connectivity index (χ4n) is 2.43. The van der Waals surface area contributed by atoms with Crippen molar-refractivity contribution in [2.75, 3.05) is 17.6 Å². The summed E-state index contributed by atoms with van der Waals surface area (Å²) in [5, 5.41) is 2.49. The van der Waals surface area contributed by atoms with E-state index in [0.717, 1.165) is 0 Å². The van der Waals surface area contributed by atoms with Crippen LogP contribution in [0.15, 0.2) is 36.4 Å². The van der Waals surface area contributed by atoms with Gasteiger partial charge in [0.1, 0.15) is 28.6 Å². The van der Waals surface area contributed by atoms with E-state index in [1.165, 1.54) is 36.0 Å². The van der Waals surface area contributed by atoms with Crippen LogP contribution in [0.3, 0.4) is 0 Å². The van der Waals surface area contributed by atoms with Crippen molar-refractivity contribution < 1.29 is 17.6 Å². The topological polar surface area (TPSA) is 15.3 Å². The van der Waals surface area contributed by atoms with Crippen molar-refractivity contribution in [3.8, 4) is 0 Å². The first-order valence-electron chi connectivity index (χ1n) is 7.05. The minimum absolute atomic E-state index is 0.220. The number of thioether (sulfide) groups is 1. The van der Waals surface area contributed by atoms with Crippen LogP contribution in [-0.4, -0.2) is 22.3 Å². The molecule has 0 bridgehead atoms. The van der Waals surface area contributed by atoms with Gasteiger partial charge in [0.2, 0.25) is 0 Å². The second-order valence-corrected chi connectivity index (χ2v) is 6.71. The molecule has 0 spiro atoms. The number of thiocarbonyl (C=S) groups is 1. The summed E-state index contributed by atoms with van der Waals surface area (Å²) >= 11 is 6.62. The smallest absolute Gasteiger partial charge is 0.174 e. The number of rotatable bonds is 2. The molecule has 8 heteroatoms. The van der Waals surface area contributed by atoms with Gasteiger partial charge in [-0.15, -0.1) is 11.8 Å². The van der Waals surface area contributed by atoms with Crippen molar-refractivity contribution in [3.63, 3.8) is 0 Å². The minimum atomic E-state index is -0.963. The van der Waals surface area contributed by atoms with E-state index in [0.29, 0.717) is 30.1 Å². The summed E-state index contributed by atoms with van der Waals surface area (Å²) in [5.74, 6) is -2.61. The Kier molecular flexibility index (Phi) is 4.96. The first kappa shape index (κ1) is 17.0. The average molecular weight is 372 g/mol. The number of hydrogen-bond donors (Lipinski definition) is 1. The van der Waals surface area contributed by atoms with E-state index in [1.807, 2.05) is 0 Å². The molecule has 24 heavy (non-hydrogen) atoms. The Morgan fingerprint density at radius 3 is 2.29 bits per heavy atom. The van der Waals surface area contributed by atoms with Gasteiger partial charge in [0.25, 0.3) is 0 Å². The average Bonchev–Trinajstić information content (AvgIpc) is 2.98. The third-order valence-corrected chi connectivity index (χ3v) is 5.10. The van der Waals surface area contributed by atoms with Gasteiger partial charge in [0.15, 0.2) is 5.11 Å². The normalized spacial score (nSPS) is 17.2. The highest BCUT2D eigenvalue weighted by molar-refractivity contribution is 7.99. The molecule has 1 N–H and O–H groups in total. The molecule has 2 aromatic carbocycles. The van der Waals surface area contributed by atoms with E-state index in [1.54, 1.807) is 4.90 Å². The fraction of sp³-hybridized carbons (Fsp3) is 0.188. The number of nitrogens with zero attached hydrogens (tertiary/aromatic N) is 1. The molecule has 0 radical (unpaired) electrons. The maximum atomic E-state index is 14.0. The Morgan fingerprint density at radius 1 is 1.04 bits per heavy atom. The number of halogens is 4. The van der Waals surface area contributed by atoms with E-state index in [-0.39, 0.29) is 16.5 Å². The highest BCUT2D eigenvalue weighted by atomic mass is 32.2. The zero-order chi connectivity index (χ0) is 17.3. The number of hydrogen-bond acceptors (Lipinski definition) is 2. The lowest BCUT2D eigenvalue weighted by atomic mass is 10.1. The molecule has 0 aliphatic carbocycles. The molecule has 1 aliphatic heterocycles. The number of nitrogens with one attached hydrogen (secondary N) is 1. The lowest BCUT2D eigenvalue weighted by molar-refractivity contribution is 0.422. The van der Waals surface area contributed by atoms with Gasteiger partial charge in [-0.3, -0.25) is 0 Å². The Bertz CT molecular complexity index is 744. The van der Waals surface area contributed by atoms with Crippen LogP contribution >= 0.6 is 24.0 Å². The second kappa shape index (κ2) is 6.98. The third-order valence-electron chi connectivity index (χ3n) is 3.54. The summed E-state index contributed by atoms with van der Waals surface area (Å²) in [7, 11) is 0. The van der Waals surface area contributed by atoms with Crippen molar-refractivity contribution >= 4 is 34.8 Å². The maximum absolute atomic E-state index is 14.0. The molecule has 1 aliphatic rings. The molecule has 1 unspecified atom stereocenters. The van der Waals surface area contributed by atoms with Crippen LogP contribution in [0.1, 0.15) is 10.9 Å². The van der Waals surface area contributed by atoms with Gasteiger partial charge in [-0.1, -0.05) is 0 Å². The Hall–Kier alpha value is -1.80. The first-order valence-corrected chi connectivity index (χ1v) is 8.50. The van der Waals surface area contributed by atoms with Gasteiger partial charge < -0.3 is 10.2 Å². The second-order valence-electron chi connectivity index (χ2n) is 5.14. The summed E-state index contributed by atoms with van der Waals surface area (Å²) in [6.07, 6.45) is 0. The van der Waals surface area contributed by atoms with Crippen molar-refractivity contribution in [3.05, 3.63) is 65.2 Å². The van der Waals surface area contributed by atoms with E-state index < -0.39 is 22.8 Å². The lowest BCUT2D eigenvalue weighted by Gasteiger charge is -2.27. The molecule has 126 valence electrons. The summed E-state index contributed by atoms with van der Waals surface area (Å²) < 4.78 is 54.1. The van der Waals surface area contributed by atoms with Crippen molar-refractivity contribution in [1.82, 2.24) is 4.90 Å². The van der Waals surface area contributed by atoms with Crippen LogP contribution in [0.5, 0.6) is 0 Å². The van der Waals surface area contributed by atoms with Gasteiger partial charge in [0.05, 0.1) is 5.56 Å². The van der Waals surface area contributed by atoms with E-state index in [2.05, 4.69) is 5.32 Å². The summed E-state index contributed by atoms with van der Waals surface area (Å²) in [4.78, 5) is 1.63. The van der Waals surface area contributed by atoms with Crippen LogP contribution in [0.4, 0.5) is 23.2 Å². The quantitative estimate of drug-likeness (QED) is 0.608. The van der Waals surface area contributed by atoms with E-state index in [9.17, 15) is 17.6 Å². The molecular weight excluding hydrogens is 360 g/mol. The number of anilines is 1. The zero-order valence-corrected chi connectivity index (χ0v) is 13.9. The molecule has 1 saturated heterocycles. The molecule has 0 saturated carbocycles. The summed E-state index contributed by atoms with van der Waals surface area (Å²) in [6, 6.07) is 6.90. The number of benzene rings is 2. The third kappa shape index (κ3) is 3.49. The fourth-order valence-corrected chi connectivity index (χ4v) is 4.12. The lowest BCUT2D eigenvalue weighted by Crippen LogP contribution is -2.34. The molecule has 1 fully saturated rings. The van der Waals surface area contributed by atoms with Gasteiger partial charge >= 0.3 is 0 Å². The SMILES string of the molecule is Fc1ccc(NC(=S)N2CCSC2c2c(F)cc(F)cc2F)cc1. The van der Waals surface area contributed by atoms with Gasteiger partial charge in [-0.05, 0) is 36.5 Å². The maximum Gasteiger partial charge on any atom is 0.174 e. The Labute approximate surface area is 145 Å². The highest BCUT2D eigenvalue weighted by Crippen LogP contribution is 2.40. The van der Waals surface area contributed by atoms with Crippen molar-refractivity contribution in [2.24, 2.45) is 0 Å². The predicted octanol–water partition coefficient (Wildman–Crippen LogP) is 4.69. The highest BCUT2D eigenvalue weighted by Gasteiger charge is 2.33. The molecule has 0 aromatic heterocycles. The molecule has 2 nitrogen and oxygen atoms in total. The van der Waals surface area contributed by atoms with Crippen LogP contribution in [0.2, 0.25) is 0 Å². The first-order chi connectivity index (χ1) is 11.5. The molecule has 1 heterocycles. The van der Waals surface area contributed by atoms with Crippen LogP contribution in [0, 0.1) is 23.3 Å². The van der Waals surface area contributed by atoms with E-state index >= 15 is 0 Å². The molecular formula is C16H12F4N2S2. The van der Waals surface area contributed by atoms with Crippen LogP contribution in [0.25, 0.3) is 0 Å². The summed E-state index contributed by atoms with van der Waals surface area (Å²) in [5.41, 5.74) is 0.347. The van der Waals surface area contributed by atoms with E-state index in [4.69, 9.17) is 12.2 Å². The summed E-state index contributed by atoms with van der Waals surface area (Å²) in [6.45, 7) is 0.485. The van der Waals surface area contributed by atoms with Crippen molar-refractivity contribution in [2.45, 2.75) is 5.37 Å². The molecule has 1 atom stereocenters. The van der Waals surface area contributed by atoms with Gasteiger partial charge in [-0.25, -0.2) is 17.6 Å². The standard InChI is InChI=1S/C16H12F4N2S2/c17-9-1-3-11(4-2-9)21-16(23)22-5-6-24-15(22)14-12(19)7-10(18)8-13(14)20/h1-4,7-8,15H,5-6H2,(H,21,23).